The molecule has 0 spiro atoms. The molecule has 0 aliphatic heterocycles. The van der Waals surface area contributed by atoms with Crippen LogP contribution in [0.2, 0.25) is 0 Å². The van der Waals surface area contributed by atoms with Crippen molar-refractivity contribution < 1.29 is 9.58 Å². The van der Waals surface area contributed by atoms with Crippen molar-refractivity contribution in [1.82, 2.24) is 0 Å². The Morgan fingerprint density at radius 3 is 2.88 bits per heavy atom. The molecule has 0 bridgehead atoms. The average Bonchev–Trinajstić information content (AvgIpc) is 1.68. The van der Waals surface area contributed by atoms with E-state index in [4.69, 9.17) is 5.53 Å². The fourth-order valence-electron chi connectivity index (χ4n) is 0.303. The normalized spacial score (nSPS) is 7.62. The van der Waals surface area contributed by atoms with Gasteiger partial charge in [-0.1, -0.05) is 6.92 Å². The summed E-state index contributed by atoms with van der Waals surface area (Å²) in [4.78, 5) is 12.8. The Hall–Kier alpha value is -0.950. The zero-order chi connectivity index (χ0) is 6.41. The molecule has 0 amide bonds. The van der Waals surface area contributed by atoms with E-state index in [1.54, 1.807) is 0 Å². The molecule has 0 atom stereocenters. The molecule has 0 fully saturated rings. The van der Waals surface area contributed by atoms with Crippen molar-refractivity contribution in [1.29, 1.82) is 0 Å². The monoisotopic (exact) mass is 111 g/mol. The van der Waals surface area contributed by atoms with Gasteiger partial charge in [0.05, 0.1) is 0 Å². The molecule has 0 aliphatic rings. The van der Waals surface area contributed by atoms with E-state index in [0.29, 0.717) is 12.8 Å². The van der Waals surface area contributed by atoms with Gasteiger partial charge in [-0.15, -0.1) is 0 Å². The molecule has 0 aromatic rings. The largest absolute Gasteiger partial charge is 0.361 e. The second-order valence-electron chi connectivity index (χ2n) is 1.31. The molecule has 0 aliphatic carbocycles. The first kappa shape index (κ1) is 7.05. The number of hydrogen-bond donors (Lipinski definition) is 0. The first-order chi connectivity index (χ1) is 3.81. The van der Waals surface area contributed by atoms with Crippen molar-refractivity contribution in [2.45, 2.75) is 12.8 Å². The van der Waals surface area contributed by atoms with Crippen LogP contribution in [0.5, 0.6) is 0 Å². The molecule has 43 valence electrons. The van der Waals surface area contributed by atoms with Crippen LogP contribution in [0, 0.1) is 6.92 Å². The van der Waals surface area contributed by atoms with Gasteiger partial charge in [-0.3, -0.25) is 4.79 Å². The maximum Gasteiger partial charge on any atom is 0.323 e. The quantitative estimate of drug-likeness (QED) is 0.296. The summed E-state index contributed by atoms with van der Waals surface area (Å²) in [5.74, 6) is -0.192. The number of Topliss-reactive ketones (excluding diaryl/α,β-unsaturated/α-hetero) is 1. The Balaban J connectivity index is 3.49. The van der Waals surface area contributed by atoms with E-state index < -0.39 is 0 Å². The number of carbonyl (C=O) groups is 1. The highest BCUT2D eigenvalue weighted by molar-refractivity contribution is 6.25. The third kappa shape index (κ3) is 3.25. The first-order valence-corrected chi connectivity index (χ1v) is 2.30. The Morgan fingerprint density at radius 2 is 2.50 bits per heavy atom. The zero-order valence-electron chi connectivity index (χ0n) is 4.50. The lowest BCUT2D eigenvalue weighted by Gasteiger charge is -1.77. The van der Waals surface area contributed by atoms with Crippen molar-refractivity contribution in [3.63, 3.8) is 0 Å². The molecule has 0 N–H and O–H groups in total. The maximum atomic E-state index is 10.3. The fraction of sp³-hybridized carbons (Fsp3) is 0.400. The Morgan fingerprint density at radius 1 is 1.88 bits per heavy atom. The smallest absolute Gasteiger partial charge is 0.323 e. The highest BCUT2D eigenvalue weighted by atomic mass is 16.1. The second-order valence-corrected chi connectivity index (χ2v) is 1.31. The summed E-state index contributed by atoms with van der Waals surface area (Å²) in [5.41, 5.74) is 7.79. The van der Waals surface area contributed by atoms with E-state index >= 15 is 0 Å². The Labute approximate surface area is 47.9 Å². The molecule has 0 aromatic carbocycles. The molecule has 0 saturated heterocycles. The summed E-state index contributed by atoms with van der Waals surface area (Å²) in [6, 6.07) is 0. The predicted octanol–water partition coefficient (Wildman–Crippen LogP) is 0.470. The third-order valence-corrected chi connectivity index (χ3v) is 0.625. The Bertz CT molecular complexity index is 124. The minimum atomic E-state index is -0.192. The molecular weight excluding hydrogens is 104 g/mol. The van der Waals surface area contributed by atoms with Gasteiger partial charge in [-0.25, -0.2) is 0 Å². The molecule has 0 saturated carbocycles. The minimum absolute atomic E-state index is 0.192. The van der Waals surface area contributed by atoms with E-state index in [2.05, 4.69) is 11.7 Å². The number of nitrogens with zero attached hydrogens (tertiary/aromatic N) is 2. The van der Waals surface area contributed by atoms with Gasteiger partial charge in [0, 0.05) is 6.42 Å². The van der Waals surface area contributed by atoms with Crippen LogP contribution < -0.4 is 0 Å². The van der Waals surface area contributed by atoms with Crippen molar-refractivity contribution in [2.24, 2.45) is 0 Å². The van der Waals surface area contributed by atoms with Gasteiger partial charge in [0.1, 0.15) is 0 Å². The van der Waals surface area contributed by atoms with Crippen molar-refractivity contribution >= 4 is 12.0 Å². The van der Waals surface area contributed by atoms with Gasteiger partial charge in [-0.2, -0.15) is 4.79 Å². The topological polar surface area (TPSA) is 53.5 Å². The molecular formula is C5H7N2O. The second kappa shape index (κ2) is 4.22. The van der Waals surface area contributed by atoms with Crippen LogP contribution >= 0.6 is 0 Å². The molecule has 3 nitrogen and oxygen atoms in total. The third-order valence-electron chi connectivity index (χ3n) is 0.625. The van der Waals surface area contributed by atoms with E-state index in [-0.39, 0.29) is 5.78 Å². The Kier molecular flexibility index (Phi) is 3.71. The molecule has 1 radical (unpaired) electrons. The summed E-state index contributed by atoms with van der Waals surface area (Å²) in [7, 11) is 0. The van der Waals surface area contributed by atoms with Gasteiger partial charge in [-0.05, 0) is 6.42 Å². The molecule has 0 unspecified atom stereocenters. The van der Waals surface area contributed by atoms with E-state index in [1.807, 2.05) is 0 Å². The predicted molar refractivity (Wildman–Crippen MR) is 29.3 cm³/mol. The lowest BCUT2D eigenvalue weighted by atomic mass is 10.2. The average molecular weight is 111 g/mol. The highest BCUT2D eigenvalue weighted by Crippen LogP contribution is 1.82. The van der Waals surface area contributed by atoms with E-state index in [0.717, 1.165) is 6.21 Å². The number of hydrogen-bond acceptors (Lipinski definition) is 1. The van der Waals surface area contributed by atoms with Crippen LogP contribution in [0.25, 0.3) is 5.53 Å². The summed E-state index contributed by atoms with van der Waals surface area (Å²) < 4.78 is 0. The van der Waals surface area contributed by atoms with E-state index in [1.165, 1.54) is 0 Å². The van der Waals surface area contributed by atoms with Crippen molar-refractivity contribution in [3.8, 4) is 0 Å². The van der Waals surface area contributed by atoms with Crippen LogP contribution in [0.1, 0.15) is 12.8 Å². The van der Waals surface area contributed by atoms with Crippen LogP contribution in [-0.2, 0) is 4.79 Å². The molecule has 0 heterocycles. The van der Waals surface area contributed by atoms with Gasteiger partial charge in [0.2, 0.25) is 5.78 Å². The van der Waals surface area contributed by atoms with Gasteiger partial charge < -0.3 is 5.53 Å². The number of ketones is 1. The van der Waals surface area contributed by atoms with Crippen LogP contribution in [0.3, 0.4) is 0 Å². The van der Waals surface area contributed by atoms with Gasteiger partial charge in [0.25, 0.3) is 0 Å². The fourth-order valence-corrected chi connectivity index (χ4v) is 0.303. The van der Waals surface area contributed by atoms with Crippen LogP contribution in [0.4, 0.5) is 0 Å². The molecule has 0 rings (SSSR count). The summed E-state index contributed by atoms with van der Waals surface area (Å²) >= 11 is 0. The first-order valence-electron chi connectivity index (χ1n) is 2.30. The maximum absolute atomic E-state index is 10.3. The summed E-state index contributed by atoms with van der Waals surface area (Å²) in [5, 5.41) is 0. The lowest BCUT2D eigenvalue weighted by molar-refractivity contribution is -0.116. The zero-order valence-corrected chi connectivity index (χ0v) is 4.50. The molecule has 3 heteroatoms. The lowest BCUT2D eigenvalue weighted by Crippen LogP contribution is -1.97. The van der Waals surface area contributed by atoms with Crippen LogP contribution in [-0.4, -0.2) is 16.8 Å². The van der Waals surface area contributed by atoms with Gasteiger partial charge in [0.15, 0.2) is 0 Å². The van der Waals surface area contributed by atoms with Crippen molar-refractivity contribution in [3.05, 3.63) is 12.5 Å². The standard InChI is InChI=1S/C5H7N2O/c1-2-3-5(8)4-7-6/h4H,1-3H2. The summed E-state index contributed by atoms with van der Waals surface area (Å²) in [6.07, 6.45) is 1.78. The van der Waals surface area contributed by atoms with Crippen molar-refractivity contribution in [2.75, 3.05) is 0 Å². The highest BCUT2D eigenvalue weighted by Gasteiger charge is 1.97. The number of rotatable bonds is 3. The van der Waals surface area contributed by atoms with Crippen LogP contribution in [0.15, 0.2) is 0 Å². The van der Waals surface area contributed by atoms with E-state index in [9.17, 15) is 4.79 Å². The molecule has 0 aromatic heterocycles. The minimum Gasteiger partial charge on any atom is -0.361 e. The molecule has 8 heavy (non-hydrogen) atoms. The number of carbonyl (C=O) groups excluding carboxylic acids is 1. The summed E-state index contributed by atoms with van der Waals surface area (Å²) in [6.45, 7) is 3.44. The van der Waals surface area contributed by atoms with Gasteiger partial charge >= 0.3 is 6.21 Å². The SMILES string of the molecule is [CH2]CCC(=O)C=[N+]=[N-].